The van der Waals surface area contributed by atoms with Gasteiger partial charge in [-0.25, -0.2) is 4.98 Å². The van der Waals surface area contributed by atoms with Gasteiger partial charge in [0.1, 0.15) is 5.82 Å². The number of amides is 1. The normalized spacial score (nSPS) is 10.9. The van der Waals surface area contributed by atoms with Crippen molar-refractivity contribution >= 4 is 16.8 Å². The molecule has 0 bridgehead atoms. The standard InChI is InChI=1S/C21H24N4O4/c1-25(12-19-23-16-7-5-4-6-15(16)21(27)24-19)13-20(26)22-11-14-8-9-17(28-2)18(10-14)29-3/h4-10H,11-13H2,1-3H3,(H,22,26)(H,23,24,27). The number of likely N-dealkylation sites (N-methyl/N-ethyl adjacent to an activating group) is 1. The summed E-state index contributed by atoms with van der Waals surface area (Å²) < 4.78 is 10.5. The molecular formula is C21H24N4O4. The van der Waals surface area contributed by atoms with Crippen molar-refractivity contribution < 1.29 is 14.3 Å². The molecule has 1 amide bonds. The fourth-order valence-corrected chi connectivity index (χ4v) is 3.01. The molecule has 8 heteroatoms. The summed E-state index contributed by atoms with van der Waals surface area (Å²) in [5.41, 5.74) is 1.36. The lowest BCUT2D eigenvalue weighted by Gasteiger charge is -2.16. The van der Waals surface area contributed by atoms with E-state index in [0.717, 1.165) is 5.56 Å². The molecule has 0 aliphatic rings. The van der Waals surface area contributed by atoms with Gasteiger partial charge >= 0.3 is 0 Å². The highest BCUT2D eigenvalue weighted by molar-refractivity contribution is 5.78. The maximum absolute atomic E-state index is 12.3. The van der Waals surface area contributed by atoms with Crippen LogP contribution in [0.3, 0.4) is 0 Å². The fourth-order valence-electron chi connectivity index (χ4n) is 3.01. The van der Waals surface area contributed by atoms with Crippen molar-refractivity contribution in [2.75, 3.05) is 27.8 Å². The quantitative estimate of drug-likeness (QED) is 0.602. The van der Waals surface area contributed by atoms with Gasteiger partial charge in [-0.1, -0.05) is 18.2 Å². The molecule has 0 unspecified atom stereocenters. The van der Waals surface area contributed by atoms with E-state index in [1.54, 1.807) is 50.4 Å². The lowest BCUT2D eigenvalue weighted by atomic mass is 10.2. The number of H-pyrrole nitrogens is 1. The number of aromatic amines is 1. The van der Waals surface area contributed by atoms with Crippen LogP contribution in [0.25, 0.3) is 10.9 Å². The summed E-state index contributed by atoms with van der Waals surface area (Å²) >= 11 is 0. The van der Waals surface area contributed by atoms with E-state index < -0.39 is 0 Å². The van der Waals surface area contributed by atoms with E-state index in [4.69, 9.17) is 9.47 Å². The average Bonchev–Trinajstić information content (AvgIpc) is 2.72. The number of fused-ring (bicyclic) bond motifs is 1. The van der Waals surface area contributed by atoms with Crippen LogP contribution in [0.4, 0.5) is 0 Å². The van der Waals surface area contributed by atoms with E-state index in [0.29, 0.717) is 41.3 Å². The third-order valence-electron chi connectivity index (χ3n) is 4.43. The number of hydrogen-bond donors (Lipinski definition) is 2. The minimum atomic E-state index is -0.183. The molecule has 1 aromatic heterocycles. The molecule has 0 saturated heterocycles. The molecule has 2 aromatic carbocycles. The SMILES string of the molecule is COc1ccc(CNC(=O)CN(C)Cc2nc3ccccc3c(=O)[nH]2)cc1OC. The Morgan fingerprint density at radius 2 is 1.90 bits per heavy atom. The summed E-state index contributed by atoms with van der Waals surface area (Å²) in [6.07, 6.45) is 0. The Morgan fingerprint density at radius 1 is 1.14 bits per heavy atom. The minimum absolute atomic E-state index is 0.134. The molecule has 29 heavy (non-hydrogen) atoms. The number of methoxy groups -OCH3 is 2. The number of carbonyl (C=O) groups excluding carboxylic acids is 1. The van der Waals surface area contributed by atoms with E-state index in [1.165, 1.54) is 0 Å². The van der Waals surface area contributed by atoms with Crippen LogP contribution in [0.2, 0.25) is 0 Å². The van der Waals surface area contributed by atoms with Gasteiger partial charge in [0.2, 0.25) is 5.91 Å². The van der Waals surface area contributed by atoms with E-state index in [1.807, 2.05) is 18.2 Å². The second-order valence-corrected chi connectivity index (χ2v) is 6.67. The Hall–Kier alpha value is -3.39. The topological polar surface area (TPSA) is 96.5 Å². The summed E-state index contributed by atoms with van der Waals surface area (Å²) in [5, 5.41) is 3.42. The second kappa shape index (κ2) is 9.20. The number of ether oxygens (including phenoxy) is 2. The highest BCUT2D eigenvalue weighted by Crippen LogP contribution is 2.27. The summed E-state index contributed by atoms with van der Waals surface area (Å²) in [6.45, 7) is 0.895. The van der Waals surface area contributed by atoms with Crippen LogP contribution in [0, 0.1) is 0 Å². The van der Waals surface area contributed by atoms with Crippen molar-refractivity contribution in [1.82, 2.24) is 20.2 Å². The molecule has 8 nitrogen and oxygen atoms in total. The van der Waals surface area contributed by atoms with Crippen LogP contribution in [0.5, 0.6) is 11.5 Å². The zero-order valence-corrected chi connectivity index (χ0v) is 16.7. The Bertz CT molecular complexity index is 1060. The molecule has 0 saturated carbocycles. The van der Waals surface area contributed by atoms with Crippen LogP contribution >= 0.6 is 0 Å². The lowest BCUT2D eigenvalue weighted by Crippen LogP contribution is -2.35. The van der Waals surface area contributed by atoms with Crippen molar-refractivity contribution in [1.29, 1.82) is 0 Å². The Labute approximate surface area is 168 Å². The molecule has 3 aromatic rings. The van der Waals surface area contributed by atoms with Gasteiger partial charge in [-0.15, -0.1) is 0 Å². The Balaban J connectivity index is 1.56. The summed E-state index contributed by atoms with van der Waals surface area (Å²) in [7, 11) is 4.94. The van der Waals surface area contributed by atoms with Gasteiger partial charge in [-0.05, 0) is 36.9 Å². The van der Waals surface area contributed by atoms with Crippen LogP contribution in [-0.4, -0.2) is 48.6 Å². The highest BCUT2D eigenvalue weighted by Gasteiger charge is 2.11. The molecule has 0 atom stereocenters. The van der Waals surface area contributed by atoms with Crippen molar-refractivity contribution in [3.8, 4) is 11.5 Å². The average molecular weight is 396 g/mol. The van der Waals surface area contributed by atoms with E-state index in [2.05, 4.69) is 15.3 Å². The van der Waals surface area contributed by atoms with Crippen molar-refractivity contribution in [3.05, 3.63) is 64.2 Å². The zero-order chi connectivity index (χ0) is 20.8. The molecule has 0 aliphatic heterocycles. The summed E-state index contributed by atoms with van der Waals surface area (Å²) in [5.74, 6) is 1.64. The van der Waals surface area contributed by atoms with Gasteiger partial charge in [-0.2, -0.15) is 0 Å². The Kier molecular flexibility index (Phi) is 6.46. The molecule has 152 valence electrons. The number of nitrogens with zero attached hydrogens (tertiary/aromatic N) is 2. The molecular weight excluding hydrogens is 372 g/mol. The third-order valence-corrected chi connectivity index (χ3v) is 4.43. The molecule has 0 aliphatic carbocycles. The maximum Gasteiger partial charge on any atom is 0.258 e. The Morgan fingerprint density at radius 3 is 2.66 bits per heavy atom. The molecule has 0 spiro atoms. The number of aromatic nitrogens is 2. The van der Waals surface area contributed by atoms with Crippen LogP contribution in [0.15, 0.2) is 47.3 Å². The fraction of sp³-hybridized carbons (Fsp3) is 0.286. The molecule has 3 rings (SSSR count). The predicted octanol–water partition coefficient (Wildman–Crippen LogP) is 1.69. The van der Waals surface area contributed by atoms with Gasteiger partial charge in [0.15, 0.2) is 11.5 Å². The van der Waals surface area contributed by atoms with Crippen LogP contribution < -0.4 is 20.3 Å². The van der Waals surface area contributed by atoms with Crippen LogP contribution in [0.1, 0.15) is 11.4 Å². The molecule has 2 N–H and O–H groups in total. The first kappa shape index (κ1) is 20.3. The van der Waals surface area contributed by atoms with Gasteiger partial charge < -0.3 is 19.8 Å². The first-order valence-corrected chi connectivity index (χ1v) is 9.14. The van der Waals surface area contributed by atoms with Gasteiger partial charge in [0.05, 0.1) is 38.2 Å². The summed E-state index contributed by atoms with van der Waals surface area (Å²) in [4.78, 5) is 33.4. The monoisotopic (exact) mass is 396 g/mol. The zero-order valence-electron chi connectivity index (χ0n) is 16.7. The second-order valence-electron chi connectivity index (χ2n) is 6.67. The summed E-state index contributed by atoms with van der Waals surface area (Å²) in [6, 6.07) is 12.7. The van der Waals surface area contributed by atoms with E-state index >= 15 is 0 Å². The van der Waals surface area contributed by atoms with Crippen molar-refractivity contribution in [2.45, 2.75) is 13.1 Å². The maximum atomic E-state index is 12.3. The lowest BCUT2D eigenvalue weighted by molar-refractivity contribution is -0.122. The number of nitrogens with one attached hydrogen (secondary N) is 2. The van der Waals surface area contributed by atoms with Gasteiger partial charge in [-0.3, -0.25) is 14.5 Å². The largest absolute Gasteiger partial charge is 0.493 e. The van der Waals surface area contributed by atoms with Crippen LogP contribution in [-0.2, 0) is 17.9 Å². The third kappa shape index (κ3) is 5.11. The van der Waals surface area contributed by atoms with Crippen molar-refractivity contribution in [3.63, 3.8) is 0 Å². The minimum Gasteiger partial charge on any atom is -0.493 e. The number of para-hydroxylation sites is 1. The van der Waals surface area contributed by atoms with Gasteiger partial charge in [0.25, 0.3) is 5.56 Å². The number of benzene rings is 2. The molecule has 0 fully saturated rings. The van der Waals surface area contributed by atoms with Crippen molar-refractivity contribution in [2.24, 2.45) is 0 Å². The first-order valence-electron chi connectivity index (χ1n) is 9.14. The van der Waals surface area contributed by atoms with E-state index in [9.17, 15) is 9.59 Å². The number of carbonyl (C=O) groups is 1. The molecule has 0 radical (unpaired) electrons. The number of hydrogen-bond acceptors (Lipinski definition) is 6. The van der Waals surface area contributed by atoms with E-state index in [-0.39, 0.29) is 18.0 Å². The molecule has 1 heterocycles. The number of rotatable bonds is 8. The smallest absolute Gasteiger partial charge is 0.258 e. The highest BCUT2D eigenvalue weighted by atomic mass is 16.5. The first-order chi connectivity index (χ1) is 14.0. The van der Waals surface area contributed by atoms with Gasteiger partial charge in [0, 0.05) is 6.54 Å². The predicted molar refractivity (Wildman–Crippen MR) is 110 cm³/mol.